The van der Waals surface area contributed by atoms with Crippen LogP contribution in [0.5, 0.6) is 0 Å². The van der Waals surface area contributed by atoms with Crippen LogP contribution in [0.15, 0.2) is 54.6 Å². The number of aliphatic hydroxyl groups excluding tert-OH is 1. The molecule has 5 nitrogen and oxygen atoms in total. The van der Waals surface area contributed by atoms with Gasteiger partial charge in [0.2, 0.25) is 0 Å². The number of nitrogens with one attached hydrogen (secondary N) is 1. The van der Waals surface area contributed by atoms with Crippen LogP contribution < -0.4 is 5.32 Å². The Bertz CT molecular complexity index is 778. The van der Waals surface area contributed by atoms with Crippen molar-refractivity contribution in [3.8, 4) is 0 Å². The molecule has 0 radical (unpaired) electrons. The lowest BCUT2D eigenvalue weighted by molar-refractivity contribution is 0.0600. The van der Waals surface area contributed by atoms with Gasteiger partial charge >= 0.3 is 0 Å². The quantitative estimate of drug-likeness (QED) is 0.719. The molecule has 2 N–H and O–H groups in total. The largest absolute Gasteiger partial charge is 0.387 e. The molecule has 1 saturated heterocycles. The van der Waals surface area contributed by atoms with E-state index in [9.17, 15) is 9.90 Å². The van der Waals surface area contributed by atoms with Crippen LogP contribution in [0.4, 0.5) is 0 Å². The summed E-state index contributed by atoms with van der Waals surface area (Å²) in [4.78, 5) is 14.2. The van der Waals surface area contributed by atoms with Crippen LogP contribution in [0.25, 0.3) is 0 Å². The van der Waals surface area contributed by atoms with Gasteiger partial charge in [0, 0.05) is 38.3 Å². The summed E-state index contributed by atoms with van der Waals surface area (Å²) < 4.78 is 5.24. The predicted molar refractivity (Wildman–Crippen MR) is 115 cm³/mol. The molecule has 0 spiro atoms. The molecule has 0 bridgehead atoms. The van der Waals surface area contributed by atoms with Gasteiger partial charge in [-0.05, 0) is 49.4 Å². The van der Waals surface area contributed by atoms with E-state index >= 15 is 0 Å². The maximum Gasteiger partial charge on any atom is 0.253 e. The first-order valence-corrected chi connectivity index (χ1v) is 10.3. The van der Waals surface area contributed by atoms with Crippen LogP contribution in [0.3, 0.4) is 0 Å². The summed E-state index contributed by atoms with van der Waals surface area (Å²) in [6, 6.07) is 18.1. The molecule has 1 fully saturated rings. The number of carbonyl (C=O) groups excluding carboxylic acids is 1. The maximum atomic E-state index is 12.5. The van der Waals surface area contributed by atoms with E-state index in [2.05, 4.69) is 5.32 Å². The molecular weight excluding hydrogens is 364 g/mol. The van der Waals surface area contributed by atoms with Crippen LogP contribution in [0.2, 0.25) is 0 Å². The van der Waals surface area contributed by atoms with Gasteiger partial charge in [-0.1, -0.05) is 42.5 Å². The molecular formula is C24H32N2O3. The number of hydrogen-bond acceptors (Lipinski definition) is 4. The SMILES string of the molecule is COC(C)CN(C)C(=O)c1ccc(C[C@@H]2CC[C@H]([C@H](O)c3ccccc3)N2)cc1. The van der Waals surface area contributed by atoms with E-state index in [1.165, 1.54) is 5.56 Å². The number of methoxy groups -OCH3 is 1. The van der Waals surface area contributed by atoms with Gasteiger partial charge < -0.3 is 20.1 Å². The number of rotatable bonds is 8. The minimum atomic E-state index is -0.480. The zero-order valence-corrected chi connectivity index (χ0v) is 17.5. The van der Waals surface area contributed by atoms with Gasteiger partial charge in [-0.2, -0.15) is 0 Å². The van der Waals surface area contributed by atoms with E-state index < -0.39 is 6.10 Å². The average Bonchev–Trinajstić information content (AvgIpc) is 3.22. The van der Waals surface area contributed by atoms with Crippen molar-refractivity contribution in [2.75, 3.05) is 20.7 Å². The highest BCUT2D eigenvalue weighted by Crippen LogP contribution is 2.26. The summed E-state index contributed by atoms with van der Waals surface area (Å²) in [5.74, 6) is 0.00508. The third-order valence-electron chi connectivity index (χ3n) is 5.76. The molecule has 4 atom stereocenters. The highest BCUT2D eigenvalue weighted by atomic mass is 16.5. The highest BCUT2D eigenvalue weighted by Gasteiger charge is 2.29. The molecule has 156 valence electrons. The molecule has 1 amide bonds. The van der Waals surface area contributed by atoms with Crippen molar-refractivity contribution in [2.24, 2.45) is 0 Å². The number of amides is 1. The zero-order valence-electron chi connectivity index (χ0n) is 17.5. The first-order chi connectivity index (χ1) is 14.0. The minimum Gasteiger partial charge on any atom is -0.387 e. The second-order valence-electron chi connectivity index (χ2n) is 8.04. The normalized spacial score (nSPS) is 21.0. The molecule has 1 aliphatic rings. The van der Waals surface area contributed by atoms with Crippen molar-refractivity contribution in [3.63, 3.8) is 0 Å². The van der Waals surface area contributed by atoms with E-state index in [-0.39, 0.29) is 18.1 Å². The standard InChI is InChI=1S/C24H32N2O3/c1-17(29-3)16-26(2)24(28)20-11-9-18(10-12-20)15-21-13-14-22(25-21)23(27)19-7-5-4-6-8-19/h4-12,17,21-23,25,27H,13-16H2,1-3H3/t17?,21-,22+,23+/m0/s1. The van der Waals surface area contributed by atoms with Gasteiger partial charge in [0.15, 0.2) is 0 Å². The van der Waals surface area contributed by atoms with Crippen LogP contribution >= 0.6 is 0 Å². The Kier molecular flexibility index (Phi) is 7.42. The Balaban J connectivity index is 1.53. The first kappa shape index (κ1) is 21.5. The monoisotopic (exact) mass is 396 g/mol. The molecule has 1 aliphatic heterocycles. The first-order valence-electron chi connectivity index (χ1n) is 10.3. The smallest absolute Gasteiger partial charge is 0.253 e. The van der Waals surface area contributed by atoms with E-state index in [4.69, 9.17) is 4.74 Å². The second kappa shape index (κ2) is 10.0. The summed E-state index contributed by atoms with van der Waals surface area (Å²) in [5.41, 5.74) is 2.85. The molecule has 3 rings (SSSR count). The summed E-state index contributed by atoms with van der Waals surface area (Å²) >= 11 is 0. The van der Waals surface area contributed by atoms with Gasteiger partial charge in [-0.25, -0.2) is 0 Å². The van der Waals surface area contributed by atoms with Crippen molar-refractivity contribution in [1.29, 1.82) is 0 Å². The van der Waals surface area contributed by atoms with Gasteiger partial charge in [-0.3, -0.25) is 4.79 Å². The van der Waals surface area contributed by atoms with Crippen molar-refractivity contribution >= 4 is 5.91 Å². The van der Waals surface area contributed by atoms with Crippen LogP contribution in [-0.4, -0.2) is 54.8 Å². The summed E-state index contributed by atoms with van der Waals surface area (Å²) in [6.45, 7) is 2.51. The fourth-order valence-corrected chi connectivity index (χ4v) is 3.97. The Morgan fingerprint density at radius 1 is 1.17 bits per heavy atom. The zero-order chi connectivity index (χ0) is 20.8. The highest BCUT2D eigenvalue weighted by molar-refractivity contribution is 5.94. The lowest BCUT2D eigenvalue weighted by atomic mass is 10.0. The van der Waals surface area contributed by atoms with Gasteiger partial charge in [0.05, 0.1) is 12.2 Å². The number of hydrogen-bond donors (Lipinski definition) is 2. The lowest BCUT2D eigenvalue weighted by Crippen LogP contribution is -2.35. The summed E-state index contributed by atoms with van der Waals surface area (Å²) in [6.07, 6.45) is 2.41. The molecule has 2 aromatic rings. The van der Waals surface area contributed by atoms with Gasteiger partial charge in [0.25, 0.3) is 5.91 Å². The second-order valence-corrected chi connectivity index (χ2v) is 8.04. The Hall–Kier alpha value is -2.21. The van der Waals surface area contributed by atoms with Crippen molar-refractivity contribution in [3.05, 3.63) is 71.3 Å². The Labute approximate surface area is 173 Å². The van der Waals surface area contributed by atoms with Crippen LogP contribution in [-0.2, 0) is 11.2 Å². The van der Waals surface area contributed by atoms with Crippen LogP contribution in [0, 0.1) is 0 Å². The van der Waals surface area contributed by atoms with Gasteiger partial charge in [-0.15, -0.1) is 0 Å². The molecule has 1 heterocycles. The lowest BCUT2D eigenvalue weighted by Gasteiger charge is -2.21. The van der Waals surface area contributed by atoms with Crippen molar-refractivity contribution in [1.82, 2.24) is 10.2 Å². The van der Waals surface area contributed by atoms with Crippen molar-refractivity contribution < 1.29 is 14.6 Å². The molecule has 0 aromatic heterocycles. The number of carbonyl (C=O) groups is 1. The molecule has 1 unspecified atom stereocenters. The Morgan fingerprint density at radius 2 is 1.86 bits per heavy atom. The summed E-state index contributed by atoms with van der Waals surface area (Å²) in [5, 5.41) is 14.2. The number of nitrogens with zero attached hydrogens (tertiary/aromatic N) is 1. The third kappa shape index (κ3) is 5.66. The van der Waals surface area contributed by atoms with E-state index in [1.54, 1.807) is 19.1 Å². The molecule has 0 saturated carbocycles. The number of likely N-dealkylation sites (N-methyl/N-ethyl adjacent to an activating group) is 1. The van der Waals surface area contributed by atoms with Crippen molar-refractivity contribution in [2.45, 2.75) is 50.5 Å². The van der Waals surface area contributed by atoms with Crippen LogP contribution in [0.1, 0.15) is 47.4 Å². The third-order valence-corrected chi connectivity index (χ3v) is 5.76. The average molecular weight is 397 g/mol. The number of aliphatic hydroxyl groups is 1. The minimum absolute atomic E-state index is 0.00508. The number of benzene rings is 2. The van der Waals surface area contributed by atoms with E-state index in [1.807, 2.05) is 61.5 Å². The predicted octanol–water partition coefficient (Wildman–Crippen LogP) is 3.19. The van der Waals surface area contributed by atoms with E-state index in [0.717, 1.165) is 24.8 Å². The van der Waals surface area contributed by atoms with E-state index in [0.29, 0.717) is 18.2 Å². The maximum absolute atomic E-state index is 12.5. The summed E-state index contributed by atoms with van der Waals surface area (Å²) in [7, 11) is 3.45. The molecule has 2 aromatic carbocycles. The number of ether oxygens (including phenoxy) is 1. The fourth-order valence-electron chi connectivity index (χ4n) is 3.97. The Morgan fingerprint density at radius 3 is 2.52 bits per heavy atom. The topological polar surface area (TPSA) is 61.8 Å². The molecule has 29 heavy (non-hydrogen) atoms. The molecule has 0 aliphatic carbocycles. The fraction of sp³-hybridized carbons (Fsp3) is 0.458. The molecule has 5 heteroatoms. The van der Waals surface area contributed by atoms with Gasteiger partial charge in [0.1, 0.15) is 0 Å².